The average molecular weight is 342 g/mol. The highest BCUT2D eigenvalue weighted by Crippen LogP contribution is 2.03. The Morgan fingerprint density at radius 3 is 2.84 bits per heavy atom. The van der Waals surface area contributed by atoms with Gasteiger partial charge < -0.3 is 14.5 Å². The third kappa shape index (κ3) is 4.08. The van der Waals surface area contributed by atoms with Crippen molar-refractivity contribution >= 4 is 22.8 Å². The molecular weight excluding hydrogens is 328 g/mol. The predicted molar refractivity (Wildman–Crippen MR) is 85.3 cm³/mol. The maximum absolute atomic E-state index is 12.2. The van der Waals surface area contributed by atoms with Crippen LogP contribution in [0.2, 0.25) is 0 Å². The van der Waals surface area contributed by atoms with Crippen LogP contribution < -0.4 is 10.9 Å². The molecule has 1 amide bonds. The largest absolute Gasteiger partial charge is 0.467 e. The first-order valence-electron chi connectivity index (χ1n) is 7.41. The molecular formula is C16H14N4O5. The van der Waals surface area contributed by atoms with E-state index in [1.54, 1.807) is 36.4 Å². The molecule has 25 heavy (non-hydrogen) atoms. The summed E-state index contributed by atoms with van der Waals surface area (Å²) < 4.78 is 10.8. The molecule has 9 nitrogen and oxygen atoms in total. The quantitative estimate of drug-likeness (QED) is 0.638. The maximum Gasteiger partial charge on any atom is 0.328 e. The van der Waals surface area contributed by atoms with Gasteiger partial charge in [0.15, 0.2) is 6.61 Å². The lowest BCUT2D eigenvalue weighted by molar-refractivity contribution is -0.149. The monoisotopic (exact) mass is 342 g/mol. The van der Waals surface area contributed by atoms with E-state index in [1.165, 1.54) is 6.26 Å². The molecule has 1 aromatic carbocycles. The number of aromatic nitrogens is 3. The van der Waals surface area contributed by atoms with E-state index in [0.29, 0.717) is 16.7 Å². The molecule has 0 fully saturated rings. The van der Waals surface area contributed by atoms with E-state index < -0.39 is 30.6 Å². The number of ether oxygens (including phenoxy) is 1. The molecule has 128 valence electrons. The SMILES string of the molecule is O=C(COC(=O)Cn1nnc2ccccc2c1=O)NCc1ccco1. The molecule has 0 atom stereocenters. The van der Waals surface area contributed by atoms with Crippen LogP contribution in [0.15, 0.2) is 51.9 Å². The number of rotatable bonds is 6. The van der Waals surface area contributed by atoms with Gasteiger partial charge in [0.25, 0.3) is 11.5 Å². The standard InChI is InChI=1S/C16H14N4O5/c21-14(17-8-11-4-3-7-24-11)10-25-15(22)9-20-16(23)12-5-1-2-6-13(12)18-19-20/h1-7H,8-10H2,(H,17,21). The van der Waals surface area contributed by atoms with Crippen LogP contribution in [-0.2, 0) is 27.4 Å². The van der Waals surface area contributed by atoms with Crippen LogP contribution in [0.5, 0.6) is 0 Å². The zero-order valence-electron chi connectivity index (χ0n) is 13.0. The van der Waals surface area contributed by atoms with Gasteiger partial charge in [-0.25, -0.2) is 0 Å². The second-order valence-electron chi connectivity index (χ2n) is 5.09. The first-order valence-corrected chi connectivity index (χ1v) is 7.41. The van der Waals surface area contributed by atoms with E-state index in [9.17, 15) is 14.4 Å². The molecule has 0 aliphatic carbocycles. The molecule has 1 N–H and O–H groups in total. The van der Waals surface area contributed by atoms with E-state index in [0.717, 1.165) is 4.68 Å². The van der Waals surface area contributed by atoms with Crippen LogP contribution in [0.4, 0.5) is 0 Å². The number of fused-ring (bicyclic) bond motifs is 1. The molecule has 3 aromatic rings. The van der Waals surface area contributed by atoms with Crippen molar-refractivity contribution in [3.63, 3.8) is 0 Å². The number of nitrogens with zero attached hydrogens (tertiary/aromatic N) is 3. The van der Waals surface area contributed by atoms with Crippen molar-refractivity contribution in [2.75, 3.05) is 6.61 Å². The smallest absolute Gasteiger partial charge is 0.328 e. The minimum Gasteiger partial charge on any atom is -0.467 e. The van der Waals surface area contributed by atoms with E-state index in [2.05, 4.69) is 15.6 Å². The zero-order chi connectivity index (χ0) is 17.6. The topological polar surface area (TPSA) is 116 Å². The molecule has 2 aromatic heterocycles. The number of hydrogen-bond donors (Lipinski definition) is 1. The summed E-state index contributed by atoms with van der Waals surface area (Å²) in [5, 5.41) is 10.4. The number of benzene rings is 1. The zero-order valence-corrected chi connectivity index (χ0v) is 13.0. The average Bonchev–Trinajstić information content (AvgIpc) is 3.14. The first kappa shape index (κ1) is 16.4. The van der Waals surface area contributed by atoms with Gasteiger partial charge in [0.1, 0.15) is 17.8 Å². The minimum absolute atomic E-state index is 0.193. The van der Waals surface area contributed by atoms with Crippen molar-refractivity contribution in [1.29, 1.82) is 0 Å². The third-order valence-corrected chi connectivity index (χ3v) is 3.31. The van der Waals surface area contributed by atoms with Gasteiger partial charge in [-0.3, -0.25) is 14.4 Å². The van der Waals surface area contributed by atoms with Crippen molar-refractivity contribution < 1.29 is 18.7 Å². The molecule has 0 aliphatic rings. The van der Waals surface area contributed by atoms with E-state index in [-0.39, 0.29) is 6.54 Å². The molecule has 0 saturated heterocycles. The summed E-state index contributed by atoms with van der Waals surface area (Å²) in [5.74, 6) is -0.667. The molecule has 9 heteroatoms. The van der Waals surface area contributed by atoms with E-state index in [1.807, 2.05) is 0 Å². The molecule has 0 radical (unpaired) electrons. The lowest BCUT2D eigenvalue weighted by atomic mass is 10.2. The van der Waals surface area contributed by atoms with Gasteiger partial charge in [0.05, 0.1) is 18.2 Å². The summed E-state index contributed by atoms with van der Waals surface area (Å²) in [6.45, 7) is -0.698. The van der Waals surface area contributed by atoms with Crippen LogP contribution in [0.3, 0.4) is 0 Å². The Kier molecular flexibility index (Phi) is 4.84. The highest BCUT2D eigenvalue weighted by Gasteiger charge is 2.12. The normalized spacial score (nSPS) is 10.6. The predicted octanol–water partition coefficient (Wildman–Crippen LogP) is 0.244. The summed E-state index contributed by atoms with van der Waals surface area (Å²) in [4.78, 5) is 35.6. The van der Waals surface area contributed by atoms with Crippen LogP contribution in [0, 0.1) is 0 Å². The minimum atomic E-state index is -0.764. The fourth-order valence-electron chi connectivity index (χ4n) is 2.09. The van der Waals surface area contributed by atoms with Crippen LogP contribution in [0.1, 0.15) is 5.76 Å². The number of hydrogen-bond acceptors (Lipinski definition) is 7. The van der Waals surface area contributed by atoms with Gasteiger partial charge in [-0.2, -0.15) is 4.68 Å². The Hall–Kier alpha value is -3.49. The van der Waals surface area contributed by atoms with Crippen molar-refractivity contribution in [3.8, 4) is 0 Å². The Balaban J connectivity index is 1.53. The Morgan fingerprint density at radius 2 is 2.04 bits per heavy atom. The molecule has 3 rings (SSSR count). The molecule has 0 aliphatic heterocycles. The summed E-state index contributed by atoms with van der Waals surface area (Å²) in [6, 6.07) is 10.1. The third-order valence-electron chi connectivity index (χ3n) is 3.31. The Labute approximate surface area is 141 Å². The van der Waals surface area contributed by atoms with Crippen LogP contribution >= 0.6 is 0 Å². The van der Waals surface area contributed by atoms with Crippen LogP contribution in [-0.4, -0.2) is 33.5 Å². The van der Waals surface area contributed by atoms with E-state index >= 15 is 0 Å². The fraction of sp³-hybridized carbons (Fsp3) is 0.188. The Morgan fingerprint density at radius 1 is 1.20 bits per heavy atom. The summed E-state index contributed by atoms with van der Waals surface area (Å²) in [6.07, 6.45) is 1.49. The molecule has 2 heterocycles. The number of carbonyl (C=O) groups excluding carboxylic acids is 2. The van der Waals surface area contributed by atoms with Crippen LogP contribution in [0.25, 0.3) is 10.9 Å². The summed E-state index contributed by atoms with van der Waals surface area (Å²) in [7, 11) is 0. The lowest BCUT2D eigenvalue weighted by Gasteiger charge is -2.06. The van der Waals surface area contributed by atoms with Crippen molar-refractivity contribution in [2.24, 2.45) is 0 Å². The van der Waals surface area contributed by atoms with E-state index in [4.69, 9.17) is 9.15 Å². The summed E-state index contributed by atoms with van der Waals surface area (Å²) >= 11 is 0. The Bertz CT molecular complexity index is 949. The second-order valence-corrected chi connectivity index (χ2v) is 5.09. The number of nitrogens with one attached hydrogen (secondary N) is 1. The lowest BCUT2D eigenvalue weighted by Crippen LogP contribution is -2.32. The van der Waals surface area contributed by atoms with Crippen molar-refractivity contribution in [1.82, 2.24) is 20.3 Å². The van der Waals surface area contributed by atoms with Gasteiger partial charge in [0, 0.05) is 0 Å². The van der Waals surface area contributed by atoms with Crippen molar-refractivity contribution in [3.05, 3.63) is 58.8 Å². The van der Waals surface area contributed by atoms with Gasteiger partial charge in [-0.15, -0.1) is 5.10 Å². The highest BCUT2D eigenvalue weighted by molar-refractivity contribution is 5.80. The van der Waals surface area contributed by atoms with Gasteiger partial charge in [-0.1, -0.05) is 17.3 Å². The molecule has 0 unspecified atom stereocenters. The van der Waals surface area contributed by atoms with Gasteiger partial charge >= 0.3 is 5.97 Å². The number of carbonyl (C=O) groups is 2. The molecule has 0 saturated carbocycles. The molecule has 0 bridgehead atoms. The highest BCUT2D eigenvalue weighted by atomic mass is 16.5. The number of esters is 1. The fourth-order valence-corrected chi connectivity index (χ4v) is 2.09. The van der Waals surface area contributed by atoms with Gasteiger partial charge in [0.2, 0.25) is 0 Å². The number of furan rings is 1. The molecule has 0 spiro atoms. The second kappa shape index (κ2) is 7.39. The first-order chi connectivity index (χ1) is 12.1. The number of amides is 1. The maximum atomic E-state index is 12.2. The van der Waals surface area contributed by atoms with Crippen molar-refractivity contribution in [2.45, 2.75) is 13.1 Å². The summed E-state index contributed by atoms with van der Waals surface area (Å²) in [5.41, 5.74) is -0.0146. The van der Waals surface area contributed by atoms with Gasteiger partial charge in [-0.05, 0) is 24.3 Å².